The lowest BCUT2D eigenvalue weighted by Crippen LogP contribution is -2.51. The number of hydrogen-bond donors (Lipinski definition) is 2. The Bertz CT molecular complexity index is 1130. The minimum absolute atomic E-state index is 0.0616. The van der Waals surface area contributed by atoms with E-state index in [0.717, 1.165) is 55.4 Å². The molecule has 1 heterocycles. The fourth-order valence-corrected chi connectivity index (χ4v) is 9.10. The molecular weight excluding hydrogens is 412 g/mol. The van der Waals surface area contributed by atoms with Crippen LogP contribution in [0.25, 0.3) is 10.9 Å². The molecule has 2 N–H and O–H groups in total. The van der Waals surface area contributed by atoms with Gasteiger partial charge in [0.05, 0.1) is 16.5 Å². The van der Waals surface area contributed by atoms with E-state index < -0.39 is 5.60 Å². The molecule has 33 heavy (non-hydrogen) atoms. The number of rotatable bonds is 3. The first-order chi connectivity index (χ1) is 15.8. The van der Waals surface area contributed by atoms with Gasteiger partial charge in [-0.15, -0.1) is 0 Å². The Labute approximate surface area is 195 Å². The Morgan fingerprint density at radius 1 is 1.03 bits per heavy atom. The molecule has 1 aromatic heterocycles. The number of nitrogens with zero attached hydrogens (tertiary/aromatic N) is 1. The average Bonchev–Trinajstić information content (AvgIpc) is 3.29. The van der Waals surface area contributed by atoms with Gasteiger partial charge in [0.15, 0.2) is 5.78 Å². The van der Waals surface area contributed by atoms with Crippen LogP contribution in [-0.2, 0) is 11.3 Å². The van der Waals surface area contributed by atoms with Crippen LogP contribution in [0.3, 0.4) is 0 Å². The molecule has 6 rings (SSSR count). The molecule has 8 atom stereocenters. The van der Waals surface area contributed by atoms with E-state index in [-0.39, 0.29) is 29.2 Å². The van der Waals surface area contributed by atoms with Gasteiger partial charge in [-0.05, 0) is 112 Å². The summed E-state index contributed by atoms with van der Waals surface area (Å²) >= 11 is 0. The molecule has 5 heteroatoms. The monoisotopic (exact) mass is 450 g/mol. The van der Waals surface area contributed by atoms with Crippen LogP contribution in [0, 0.1) is 40.9 Å². The summed E-state index contributed by atoms with van der Waals surface area (Å²) in [5.74, 6) is 3.90. The maximum atomic E-state index is 13.6. The predicted octanol–water partition coefficient (Wildman–Crippen LogP) is 4.92. The van der Waals surface area contributed by atoms with Crippen molar-refractivity contribution in [3.8, 4) is 0 Å². The van der Waals surface area contributed by atoms with E-state index in [1.54, 1.807) is 0 Å². The van der Waals surface area contributed by atoms with Crippen LogP contribution < -0.4 is 5.56 Å². The normalized spacial score (nSPS) is 42.5. The maximum absolute atomic E-state index is 13.6. The summed E-state index contributed by atoms with van der Waals surface area (Å²) in [5, 5.41) is 14.4. The number of carbonyl (C=O) groups excluding carboxylic acids is 1. The molecule has 4 aliphatic carbocycles. The number of nitrogens with one attached hydrogen (secondary N) is 1. The van der Waals surface area contributed by atoms with Crippen molar-refractivity contribution in [3.63, 3.8) is 0 Å². The van der Waals surface area contributed by atoms with Crippen molar-refractivity contribution >= 4 is 16.7 Å². The summed E-state index contributed by atoms with van der Waals surface area (Å²) in [6.45, 7) is 4.57. The molecule has 0 bridgehead atoms. The zero-order valence-electron chi connectivity index (χ0n) is 20.1. The second-order valence-corrected chi connectivity index (χ2v) is 12.4. The summed E-state index contributed by atoms with van der Waals surface area (Å²) in [6, 6.07) is 7.50. The summed E-state index contributed by atoms with van der Waals surface area (Å²) in [7, 11) is 0. The highest BCUT2D eigenvalue weighted by Crippen LogP contribution is 2.64. The molecular formula is C28H38N2O3. The van der Waals surface area contributed by atoms with Gasteiger partial charge in [-0.1, -0.05) is 19.1 Å². The first kappa shape index (κ1) is 21.6. The third kappa shape index (κ3) is 3.37. The SMILES string of the molecule is C[C@@]1(O)CC[C@H]2[C@H](CC[C@@H]3[C@@H]2CC[C@]2(C)[C@@H](C(=O)Cn4[nH]c5ccccc5c4=O)CC[C@@H]32)C1. The number of H-pyrrole nitrogens is 1. The molecule has 0 spiro atoms. The Balaban J connectivity index is 1.20. The Kier molecular flexibility index (Phi) is 4.96. The van der Waals surface area contributed by atoms with Crippen LogP contribution in [0.15, 0.2) is 29.1 Å². The van der Waals surface area contributed by atoms with E-state index >= 15 is 0 Å². The molecule has 4 saturated carbocycles. The van der Waals surface area contributed by atoms with E-state index in [1.165, 1.54) is 30.4 Å². The Morgan fingerprint density at radius 3 is 2.64 bits per heavy atom. The van der Waals surface area contributed by atoms with Gasteiger partial charge in [0, 0.05) is 5.92 Å². The lowest BCUT2D eigenvalue weighted by atomic mass is 9.49. The van der Waals surface area contributed by atoms with Gasteiger partial charge in [0.25, 0.3) is 5.56 Å². The lowest BCUT2D eigenvalue weighted by molar-refractivity contribution is -0.133. The highest BCUT2D eigenvalue weighted by atomic mass is 16.3. The molecule has 0 radical (unpaired) electrons. The topological polar surface area (TPSA) is 75.1 Å². The smallest absolute Gasteiger partial charge is 0.274 e. The van der Waals surface area contributed by atoms with Gasteiger partial charge in [0.2, 0.25) is 0 Å². The minimum Gasteiger partial charge on any atom is -0.390 e. The van der Waals surface area contributed by atoms with Crippen molar-refractivity contribution in [1.29, 1.82) is 0 Å². The van der Waals surface area contributed by atoms with Crippen molar-refractivity contribution in [2.75, 3.05) is 0 Å². The van der Waals surface area contributed by atoms with Crippen molar-refractivity contribution in [1.82, 2.24) is 9.78 Å². The molecule has 0 unspecified atom stereocenters. The summed E-state index contributed by atoms with van der Waals surface area (Å²) < 4.78 is 1.52. The fraction of sp³-hybridized carbons (Fsp3) is 0.714. The molecule has 0 aliphatic heterocycles. The molecule has 5 nitrogen and oxygen atoms in total. The molecule has 4 aliphatic rings. The Hall–Kier alpha value is -1.88. The van der Waals surface area contributed by atoms with Crippen molar-refractivity contribution in [2.24, 2.45) is 40.9 Å². The number of aliphatic hydroxyl groups is 1. The summed E-state index contributed by atoms with van der Waals surface area (Å²) in [6.07, 6.45) is 10.1. The molecule has 0 saturated heterocycles. The third-order valence-electron chi connectivity index (χ3n) is 10.6. The predicted molar refractivity (Wildman–Crippen MR) is 129 cm³/mol. The molecule has 0 amide bonds. The Morgan fingerprint density at radius 2 is 1.82 bits per heavy atom. The highest BCUT2D eigenvalue weighted by molar-refractivity contribution is 5.83. The second-order valence-electron chi connectivity index (χ2n) is 12.4. The van der Waals surface area contributed by atoms with Crippen LogP contribution in [-0.4, -0.2) is 26.3 Å². The van der Waals surface area contributed by atoms with E-state index in [4.69, 9.17) is 0 Å². The average molecular weight is 451 g/mol. The number of ketones is 1. The number of fused-ring (bicyclic) bond motifs is 6. The van der Waals surface area contributed by atoms with Gasteiger partial charge in [0.1, 0.15) is 6.54 Å². The van der Waals surface area contributed by atoms with Crippen LogP contribution in [0.4, 0.5) is 0 Å². The zero-order valence-corrected chi connectivity index (χ0v) is 20.1. The van der Waals surface area contributed by atoms with Crippen LogP contribution in [0.5, 0.6) is 0 Å². The lowest BCUT2D eigenvalue weighted by Gasteiger charge is -2.56. The molecule has 178 valence electrons. The van der Waals surface area contributed by atoms with Gasteiger partial charge in [-0.2, -0.15) is 0 Å². The first-order valence-corrected chi connectivity index (χ1v) is 13.2. The standard InChI is InChI=1S/C28H38N2O3/c1-27(33)13-11-18-17(15-27)7-8-20-19(18)12-14-28(2)22(20)9-10-23(28)25(31)16-30-26(32)21-5-3-4-6-24(21)29-30/h3-6,17-20,22-23,29,33H,7-16H2,1-2H3/t17-,18+,19-,20-,22+,23-,27-,28+/m1/s1. The summed E-state index contributed by atoms with van der Waals surface area (Å²) in [5.41, 5.74) is 0.312. The highest BCUT2D eigenvalue weighted by Gasteiger charge is 2.58. The largest absolute Gasteiger partial charge is 0.390 e. The molecule has 4 fully saturated rings. The first-order valence-electron chi connectivity index (χ1n) is 13.2. The van der Waals surface area contributed by atoms with Gasteiger partial charge in [-0.3, -0.25) is 14.7 Å². The number of aromatic amines is 1. The van der Waals surface area contributed by atoms with Crippen LogP contribution in [0.2, 0.25) is 0 Å². The van der Waals surface area contributed by atoms with Crippen molar-refractivity contribution < 1.29 is 9.90 Å². The third-order valence-corrected chi connectivity index (χ3v) is 10.6. The number of para-hydroxylation sites is 1. The van der Waals surface area contributed by atoms with Crippen LogP contribution in [0.1, 0.15) is 71.6 Å². The van der Waals surface area contributed by atoms with E-state index in [0.29, 0.717) is 17.2 Å². The summed E-state index contributed by atoms with van der Waals surface area (Å²) in [4.78, 5) is 26.3. The van der Waals surface area contributed by atoms with Gasteiger partial charge < -0.3 is 5.11 Å². The number of Topliss-reactive ketones (excluding diaryl/α,β-unsaturated/α-hetero) is 1. The van der Waals surface area contributed by atoms with E-state index in [2.05, 4.69) is 12.0 Å². The molecule has 1 aromatic carbocycles. The number of benzene rings is 1. The number of aromatic nitrogens is 2. The van der Waals surface area contributed by atoms with Crippen molar-refractivity contribution in [2.45, 2.75) is 83.8 Å². The van der Waals surface area contributed by atoms with Gasteiger partial charge in [-0.25, -0.2) is 4.68 Å². The van der Waals surface area contributed by atoms with E-state index in [9.17, 15) is 14.7 Å². The fourth-order valence-electron chi connectivity index (χ4n) is 9.10. The van der Waals surface area contributed by atoms with Crippen molar-refractivity contribution in [3.05, 3.63) is 34.6 Å². The number of carbonyl (C=O) groups is 1. The van der Waals surface area contributed by atoms with E-state index in [1.807, 2.05) is 31.2 Å². The maximum Gasteiger partial charge on any atom is 0.274 e. The second kappa shape index (κ2) is 7.56. The molecule has 2 aromatic rings. The number of hydrogen-bond acceptors (Lipinski definition) is 3. The quantitative estimate of drug-likeness (QED) is 0.697. The van der Waals surface area contributed by atoms with Gasteiger partial charge >= 0.3 is 0 Å². The zero-order chi connectivity index (χ0) is 23.0. The van der Waals surface area contributed by atoms with Crippen LogP contribution >= 0.6 is 0 Å². The minimum atomic E-state index is -0.469.